The zero-order valence-electron chi connectivity index (χ0n) is 10.3. The maximum atomic E-state index is 11.8. The lowest BCUT2D eigenvalue weighted by atomic mass is 9.85. The van der Waals surface area contributed by atoms with Gasteiger partial charge in [-0.1, -0.05) is 37.3 Å². The first-order valence-electron chi connectivity index (χ1n) is 6.07. The van der Waals surface area contributed by atoms with Gasteiger partial charge in [-0.3, -0.25) is 0 Å². The van der Waals surface area contributed by atoms with Crippen LogP contribution in [0.4, 0.5) is 0 Å². The summed E-state index contributed by atoms with van der Waals surface area (Å²) in [6, 6.07) is 10.0. The van der Waals surface area contributed by atoms with E-state index in [2.05, 4.69) is 6.92 Å². The Morgan fingerprint density at radius 1 is 1.41 bits per heavy atom. The second-order valence-corrected chi connectivity index (χ2v) is 4.42. The maximum absolute atomic E-state index is 11.8. The van der Waals surface area contributed by atoms with Crippen molar-refractivity contribution in [1.29, 1.82) is 0 Å². The number of carbonyl (C=O) groups is 1. The average molecular weight is 234 g/mol. The first kappa shape index (κ1) is 12.1. The molecule has 0 amide bonds. The molecule has 0 aliphatic carbocycles. The number of benzene rings is 1. The molecule has 1 heterocycles. The molecule has 1 aromatic carbocycles. The van der Waals surface area contributed by atoms with Gasteiger partial charge in [-0.15, -0.1) is 0 Å². The molecule has 1 aromatic rings. The van der Waals surface area contributed by atoms with E-state index < -0.39 is 6.10 Å². The van der Waals surface area contributed by atoms with Crippen LogP contribution in [-0.4, -0.2) is 25.3 Å². The molecular weight excluding hydrogens is 216 g/mol. The molecule has 0 spiro atoms. The largest absolute Gasteiger partial charge is 0.464 e. The summed E-state index contributed by atoms with van der Waals surface area (Å²) in [4.78, 5) is 11.8. The van der Waals surface area contributed by atoms with Gasteiger partial charge in [-0.05, 0) is 18.4 Å². The highest BCUT2D eigenvalue weighted by atomic mass is 16.6. The lowest BCUT2D eigenvalue weighted by Gasteiger charge is -2.19. The summed E-state index contributed by atoms with van der Waals surface area (Å²) >= 11 is 0. The quantitative estimate of drug-likeness (QED) is 0.753. The highest BCUT2D eigenvalue weighted by Crippen LogP contribution is 2.36. The van der Waals surface area contributed by atoms with Gasteiger partial charge in [0.25, 0.3) is 0 Å². The minimum atomic E-state index is -0.452. The van der Waals surface area contributed by atoms with Crippen LogP contribution in [-0.2, 0) is 14.3 Å². The van der Waals surface area contributed by atoms with E-state index in [0.717, 1.165) is 5.56 Å². The molecule has 1 aliphatic rings. The molecule has 17 heavy (non-hydrogen) atoms. The van der Waals surface area contributed by atoms with Gasteiger partial charge < -0.3 is 9.47 Å². The summed E-state index contributed by atoms with van der Waals surface area (Å²) in [5.74, 6) is 0.202. The maximum Gasteiger partial charge on any atom is 0.335 e. The number of carbonyl (C=O) groups excluding carboxylic acids is 1. The minimum Gasteiger partial charge on any atom is -0.464 e. The van der Waals surface area contributed by atoms with Crippen molar-refractivity contribution in [3.63, 3.8) is 0 Å². The third-order valence-corrected chi connectivity index (χ3v) is 3.18. The Bertz CT molecular complexity index is 374. The van der Waals surface area contributed by atoms with E-state index in [1.54, 1.807) is 0 Å². The van der Waals surface area contributed by atoms with Crippen LogP contribution in [0.1, 0.15) is 25.3 Å². The molecule has 3 nitrogen and oxygen atoms in total. The molecule has 3 heteroatoms. The first-order valence-corrected chi connectivity index (χ1v) is 6.07. The van der Waals surface area contributed by atoms with Crippen LogP contribution >= 0.6 is 0 Å². The first-order chi connectivity index (χ1) is 8.24. The SMILES string of the molecule is CCOC(=O)[C@H]1OC[C@@H](C)[C@@H]1c1ccccc1. The van der Waals surface area contributed by atoms with Crippen LogP contribution in [0.3, 0.4) is 0 Å². The Balaban J connectivity index is 2.20. The van der Waals surface area contributed by atoms with Gasteiger partial charge in [-0.2, -0.15) is 0 Å². The van der Waals surface area contributed by atoms with Crippen molar-refractivity contribution in [3.05, 3.63) is 35.9 Å². The lowest BCUT2D eigenvalue weighted by molar-refractivity contribution is -0.154. The van der Waals surface area contributed by atoms with Crippen LogP contribution in [0.25, 0.3) is 0 Å². The molecule has 0 radical (unpaired) electrons. The van der Waals surface area contributed by atoms with E-state index in [4.69, 9.17) is 9.47 Å². The van der Waals surface area contributed by atoms with Gasteiger partial charge >= 0.3 is 5.97 Å². The molecule has 0 bridgehead atoms. The van der Waals surface area contributed by atoms with Gasteiger partial charge in [0.05, 0.1) is 13.2 Å². The van der Waals surface area contributed by atoms with Crippen LogP contribution in [0.5, 0.6) is 0 Å². The third-order valence-electron chi connectivity index (χ3n) is 3.18. The molecule has 0 aromatic heterocycles. The highest BCUT2D eigenvalue weighted by molar-refractivity contribution is 5.76. The smallest absolute Gasteiger partial charge is 0.335 e. The zero-order chi connectivity index (χ0) is 12.3. The van der Waals surface area contributed by atoms with Gasteiger partial charge in [0, 0.05) is 5.92 Å². The fourth-order valence-electron chi connectivity index (χ4n) is 2.38. The van der Waals surface area contributed by atoms with Crippen LogP contribution < -0.4 is 0 Å². The summed E-state index contributed by atoms with van der Waals surface area (Å²) in [6.07, 6.45) is -0.452. The van der Waals surface area contributed by atoms with Gasteiger partial charge in [-0.25, -0.2) is 4.79 Å². The van der Waals surface area contributed by atoms with Gasteiger partial charge in [0.2, 0.25) is 0 Å². The Morgan fingerprint density at radius 2 is 2.12 bits per heavy atom. The number of esters is 1. The fourth-order valence-corrected chi connectivity index (χ4v) is 2.38. The number of rotatable bonds is 3. The van der Waals surface area contributed by atoms with Crippen LogP contribution in [0.2, 0.25) is 0 Å². The second-order valence-electron chi connectivity index (χ2n) is 4.42. The number of hydrogen-bond acceptors (Lipinski definition) is 3. The molecule has 1 fully saturated rings. The van der Waals surface area contributed by atoms with Crippen molar-refractivity contribution in [3.8, 4) is 0 Å². The zero-order valence-corrected chi connectivity index (χ0v) is 10.3. The predicted octanol–water partition coefficient (Wildman–Crippen LogP) is 2.37. The molecule has 1 aliphatic heterocycles. The fraction of sp³-hybridized carbons (Fsp3) is 0.500. The normalized spacial score (nSPS) is 28.0. The van der Waals surface area contributed by atoms with Crippen molar-refractivity contribution < 1.29 is 14.3 Å². The van der Waals surface area contributed by atoms with E-state index >= 15 is 0 Å². The van der Waals surface area contributed by atoms with Crippen molar-refractivity contribution in [1.82, 2.24) is 0 Å². The van der Waals surface area contributed by atoms with Gasteiger partial charge in [0.1, 0.15) is 0 Å². The van der Waals surface area contributed by atoms with E-state index in [1.165, 1.54) is 0 Å². The van der Waals surface area contributed by atoms with Crippen molar-refractivity contribution >= 4 is 5.97 Å². The Hall–Kier alpha value is -1.35. The molecular formula is C14H18O3. The Kier molecular flexibility index (Phi) is 3.79. The summed E-state index contributed by atoms with van der Waals surface area (Å²) in [5.41, 5.74) is 1.15. The minimum absolute atomic E-state index is 0.107. The van der Waals surface area contributed by atoms with Crippen LogP contribution in [0.15, 0.2) is 30.3 Å². The predicted molar refractivity (Wildman–Crippen MR) is 64.7 cm³/mol. The summed E-state index contributed by atoms with van der Waals surface area (Å²) in [6.45, 7) is 4.93. The van der Waals surface area contributed by atoms with E-state index in [-0.39, 0.29) is 11.9 Å². The molecule has 0 saturated carbocycles. The topological polar surface area (TPSA) is 35.5 Å². The van der Waals surface area contributed by atoms with Crippen LogP contribution in [0, 0.1) is 5.92 Å². The van der Waals surface area contributed by atoms with Crippen molar-refractivity contribution in [2.75, 3.05) is 13.2 Å². The summed E-state index contributed by atoms with van der Waals surface area (Å²) in [5, 5.41) is 0. The number of ether oxygens (including phenoxy) is 2. The summed E-state index contributed by atoms with van der Waals surface area (Å²) in [7, 11) is 0. The summed E-state index contributed by atoms with van der Waals surface area (Å²) < 4.78 is 10.6. The van der Waals surface area contributed by atoms with Crippen molar-refractivity contribution in [2.45, 2.75) is 25.9 Å². The van der Waals surface area contributed by atoms with E-state index in [9.17, 15) is 4.79 Å². The molecule has 0 N–H and O–H groups in total. The molecule has 92 valence electrons. The Labute approximate surface area is 102 Å². The Morgan fingerprint density at radius 3 is 2.76 bits per heavy atom. The van der Waals surface area contributed by atoms with E-state index in [0.29, 0.717) is 19.1 Å². The van der Waals surface area contributed by atoms with Gasteiger partial charge in [0.15, 0.2) is 6.10 Å². The average Bonchev–Trinajstić information content (AvgIpc) is 2.73. The van der Waals surface area contributed by atoms with E-state index in [1.807, 2.05) is 37.3 Å². The lowest BCUT2D eigenvalue weighted by Crippen LogP contribution is -2.28. The standard InChI is InChI=1S/C14H18O3/c1-3-16-14(15)13-12(10(2)9-17-13)11-7-5-4-6-8-11/h4-8,10,12-13H,3,9H2,1-2H3/t10-,12-,13+/m1/s1. The molecule has 1 saturated heterocycles. The number of hydrogen-bond donors (Lipinski definition) is 0. The molecule has 2 rings (SSSR count). The van der Waals surface area contributed by atoms with Crippen molar-refractivity contribution in [2.24, 2.45) is 5.92 Å². The third kappa shape index (κ3) is 2.50. The highest BCUT2D eigenvalue weighted by Gasteiger charge is 2.40. The molecule has 3 atom stereocenters. The molecule has 0 unspecified atom stereocenters. The second kappa shape index (κ2) is 5.32. The monoisotopic (exact) mass is 234 g/mol.